The van der Waals surface area contributed by atoms with Gasteiger partial charge in [-0.3, -0.25) is 4.79 Å². The van der Waals surface area contributed by atoms with Gasteiger partial charge in [0, 0.05) is 30.4 Å². The highest BCUT2D eigenvalue weighted by atomic mass is 19.4. The third-order valence-corrected chi connectivity index (χ3v) is 5.90. The normalized spacial score (nSPS) is 25.0. The minimum absolute atomic E-state index is 0.0882. The Morgan fingerprint density at radius 2 is 1.89 bits per heavy atom. The van der Waals surface area contributed by atoms with Crippen molar-refractivity contribution >= 4 is 5.91 Å². The molecule has 1 saturated carbocycles. The predicted octanol–water partition coefficient (Wildman–Crippen LogP) is 3.63. The summed E-state index contributed by atoms with van der Waals surface area (Å²) in [5.41, 5.74) is 3.90. The number of nitrogens with one attached hydrogen (secondary N) is 1. The Morgan fingerprint density at radius 1 is 1.30 bits per heavy atom. The van der Waals surface area contributed by atoms with Crippen LogP contribution in [-0.2, 0) is 21.1 Å². The first-order valence-corrected chi connectivity index (χ1v) is 9.12. The quantitative estimate of drug-likeness (QED) is 0.785. The van der Waals surface area contributed by atoms with Crippen LogP contribution in [0.25, 0.3) is 0 Å². The molecule has 0 spiro atoms. The molecular formula is C20H29F3N2O2. The van der Waals surface area contributed by atoms with Crippen molar-refractivity contribution in [2.45, 2.75) is 64.3 Å². The second-order valence-corrected chi connectivity index (χ2v) is 8.49. The van der Waals surface area contributed by atoms with Crippen molar-refractivity contribution in [2.75, 3.05) is 13.2 Å². The van der Waals surface area contributed by atoms with Crippen molar-refractivity contribution in [3.05, 3.63) is 35.4 Å². The maximum absolute atomic E-state index is 13.0. The van der Waals surface area contributed by atoms with Gasteiger partial charge in [-0.15, -0.1) is 0 Å². The van der Waals surface area contributed by atoms with Gasteiger partial charge in [0.1, 0.15) is 5.54 Å². The van der Waals surface area contributed by atoms with E-state index in [0.29, 0.717) is 18.6 Å². The van der Waals surface area contributed by atoms with Crippen molar-refractivity contribution < 1.29 is 22.7 Å². The lowest BCUT2D eigenvalue weighted by Gasteiger charge is -2.57. The molecule has 1 amide bonds. The first kappa shape index (κ1) is 21.7. The molecule has 1 aliphatic carbocycles. The van der Waals surface area contributed by atoms with Crippen LogP contribution in [0.1, 0.15) is 52.2 Å². The zero-order chi connectivity index (χ0) is 20.7. The number of alkyl halides is 3. The van der Waals surface area contributed by atoms with Crippen molar-refractivity contribution in [1.29, 1.82) is 0 Å². The molecular weight excluding hydrogens is 357 g/mol. The number of ether oxygens (including phenoxy) is 1. The standard InChI is InChI=1S/C20H29F3N2O2/c1-6-27-15-11-19(24,18(15,4)5)16(26)25-12-17(2,3)13-8-7-9-14(10-13)20(21,22)23/h7-10,15H,6,11-12,24H2,1-5H3,(H,25,26). The zero-order valence-electron chi connectivity index (χ0n) is 16.5. The Labute approximate surface area is 158 Å². The summed E-state index contributed by atoms with van der Waals surface area (Å²) in [6.07, 6.45) is -4.07. The number of rotatable bonds is 6. The van der Waals surface area contributed by atoms with Gasteiger partial charge in [0.05, 0.1) is 11.7 Å². The highest BCUT2D eigenvalue weighted by molar-refractivity contribution is 5.88. The van der Waals surface area contributed by atoms with E-state index >= 15 is 0 Å². The molecule has 0 heterocycles. The molecule has 0 aliphatic heterocycles. The van der Waals surface area contributed by atoms with Crippen LogP contribution in [0.2, 0.25) is 0 Å². The fourth-order valence-corrected chi connectivity index (χ4v) is 3.50. The minimum atomic E-state index is -4.40. The number of benzene rings is 1. The second-order valence-electron chi connectivity index (χ2n) is 8.49. The van der Waals surface area contributed by atoms with Crippen molar-refractivity contribution in [2.24, 2.45) is 11.1 Å². The minimum Gasteiger partial charge on any atom is -0.378 e. The summed E-state index contributed by atoms with van der Waals surface area (Å²) in [6, 6.07) is 5.19. The highest BCUT2D eigenvalue weighted by Gasteiger charge is 2.62. The average Bonchev–Trinajstić information content (AvgIpc) is 2.58. The number of carbonyl (C=O) groups is 1. The summed E-state index contributed by atoms with van der Waals surface area (Å²) in [4.78, 5) is 12.7. The molecule has 0 aromatic heterocycles. The van der Waals surface area contributed by atoms with Gasteiger partial charge in [-0.25, -0.2) is 0 Å². The van der Waals surface area contributed by atoms with Crippen LogP contribution in [0.3, 0.4) is 0 Å². The fraction of sp³-hybridized carbons (Fsp3) is 0.650. The molecule has 2 unspecified atom stereocenters. The van der Waals surface area contributed by atoms with E-state index in [-0.39, 0.29) is 18.6 Å². The summed E-state index contributed by atoms with van der Waals surface area (Å²) in [5, 5.41) is 2.84. The summed E-state index contributed by atoms with van der Waals surface area (Å²) < 4.78 is 44.5. The zero-order valence-corrected chi connectivity index (χ0v) is 16.5. The Bertz CT molecular complexity index is 701. The van der Waals surface area contributed by atoms with Gasteiger partial charge in [-0.05, 0) is 18.6 Å². The van der Waals surface area contributed by atoms with E-state index in [1.807, 2.05) is 20.8 Å². The first-order chi connectivity index (χ1) is 12.3. The van der Waals surface area contributed by atoms with Gasteiger partial charge in [0.15, 0.2) is 0 Å². The van der Waals surface area contributed by atoms with Crippen LogP contribution in [0, 0.1) is 5.41 Å². The SMILES string of the molecule is CCOC1CC(N)(C(=O)NCC(C)(C)c2cccc(C(F)(F)F)c2)C1(C)C. The molecule has 4 nitrogen and oxygen atoms in total. The smallest absolute Gasteiger partial charge is 0.378 e. The topological polar surface area (TPSA) is 64.3 Å². The van der Waals surface area contributed by atoms with Gasteiger partial charge in [-0.2, -0.15) is 13.2 Å². The van der Waals surface area contributed by atoms with E-state index in [9.17, 15) is 18.0 Å². The molecule has 2 atom stereocenters. The molecule has 1 aromatic rings. The maximum atomic E-state index is 13.0. The Morgan fingerprint density at radius 3 is 2.41 bits per heavy atom. The number of hydrogen-bond donors (Lipinski definition) is 2. The van der Waals surface area contributed by atoms with Crippen LogP contribution in [0.4, 0.5) is 13.2 Å². The highest BCUT2D eigenvalue weighted by Crippen LogP contribution is 2.49. The third kappa shape index (κ3) is 3.99. The Kier molecular flexibility index (Phi) is 5.70. The van der Waals surface area contributed by atoms with Gasteiger partial charge in [0.25, 0.3) is 0 Å². The second kappa shape index (κ2) is 7.09. The van der Waals surface area contributed by atoms with Crippen LogP contribution in [0.15, 0.2) is 24.3 Å². The molecule has 0 radical (unpaired) electrons. The molecule has 7 heteroatoms. The molecule has 152 valence electrons. The number of nitrogens with two attached hydrogens (primary N) is 1. The molecule has 27 heavy (non-hydrogen) atoms. The third-order valence-electron chi connectivity index (χ3n) is 5.90. The fourth-order valence-electron chi connectivity index (χ4n) is 3.50. The summed E-state index contributed by atoms with van der Waals surface area (Å²) >= 11 is 0. The summed E-state index contributed by atoms with van der Waals surface area (Å²) in [7, 11) is 0. The van der Waals surface area contributed by atoms with Gasteiger partial charge in [0.2, 0.25) is 5.91 Å². The van der Waals surface area contributed by atoms with Crippen molar-refractivity contribution in [3.63, 3.8) is 0 Å². The van der Waals surface area contributed by atoms with Gasteiger partial charge in [-0.1, -0.05) is 45.9 Å². The molecule has 0 bridgehead atoms. The average molecular weight is 386 g/mol. The van der Waals surface area contributed by atoms with Crippen molar-refractivity contribution in [3.8, 4) is 0 Å². The number of amides is 1. The van der Waals surface area contributed by atoms with Crippen LogP contribution >= 0.6 is 0 Å². The van der Waals surface area contributed by atoms with Crippen LogP contribution in [0.5, 0.6) is 0 Å². The van der Waals surface area contributed by atoms with E-state index < -0.39 is 28.1 Å². The van der Waals surface area contributed by atoms with Gasteiger partial charge < -0.3 is 15.8 Å². The lowest BCUT2D eigenvalue weighted by Crippen LogP contribution is -2.76. The van der Waals surface area contributed by atoms with E-state index in [1.165, 1.54) is 6.07 Å². The molecule has 3 N–H and O–H groups in total. The lowest BCUT2D eigenvalue weighted by atomic mass is 9.54. The number of halogens is 3. The van der Waals surface area contributed by atoms with E-state index in [1.54, 1.807) is 19.9 Å². The van der Waals surface area contributed by atoms with E-state index in [0.717, 1.165) is 12.1 Å². The Balaban J connectivity index is 2.08. The maximum Gasteiger partial charge on any atom is 0.416 e. The monoisotopic (exact) mass is 386 g/mol. The summed E-state index contributed by atoms with van der Waals surface area (Å²) in [5.74, 6) is -0.302. The van der Waals surface area contributed by atoms with Crippen LogP contribution in [-0.4, -0.2) is 30.7 Å². The molecule has 1 fully saturated rings. The predicted molar refractivity (Wildman–Crippen MR) is 98.2 cm³/mol. The van der Waals surface area contributed by atoms with E-state index in [2.05, 4.69) is 5.32 Å². The lowest BCUT2D eigenvalue weighted by molar-refractivity contribution is -0.170. The largest absolute Gasteiger partial charge is 0.416 e. The summed E-state index contributed by atoms with van der Waals surface area (Å²) in [6.45, 7) is 10.0. The number of hydrogen-bond acceptors (Lipinski definition) is 3. The van der Waals surface area contributed by atoms with Crippen molar-refractivity contribution in [1.82, 2.24) is 5.32 Å². The van der Waals surface area contributed by atoms with Gasteiger partial charge >= 0.3 is 6.18 Å². The molecule has 2 rings (SSSR count). The molecule has 1 aromatic carbocycles. The molecule has 1 aliphatic rings. The number of carbonyl (C=O) groups excluding carboxylic acids is 1. The van der Waals surface area contributed by atoms with Crippen LogP contribution < -0.4 is 11.1 Å². The first-order valence-electron chi connectivity index (χ1n) is 9.12. The van der Waals surface area contributed by atoms with E-state index in [4.69, 9.17) is 10.5 Å². The Hall–Kier alpha value is -1.60. The molecule has 0 saturated heterocycles.